The fourth-order valence-corrected chi connectivity index (χ4v) is 2.43. The molecule has 0 radical (unpaired) electrons. The zero-order chi connectivity index (χ0) is 19.2. The molecule has 144 valence electrons. The van der Waals surface area contributed by atoms with Gasteiger partial charge in [0.15, 0.2) is 0 Å². The van der Waals surface area contributed by atoms with Crippen molar-refractivity contribution in [2.45, 2.75) is 45.4 Å². The number of rotatable bonds is 11. The third-order valence-corrected chi connectivity index (χ3v) is 3.89. The van der Waals surface area contributed by atoms with Gasteiger partial charge >= 0.3 is 6.09 Å². The summed E-state index contributed by atoms with van der Waals surface area (Å²) in [6.45, 7) is 2.93. The molecule has 0 spiro atoms. The molecule has 0 saturated carbocycles. The van der Waals surface area contributed by atoms with Crippen molar-refractivity contribution >= 4 is 18.0 Å². The van der Waals surface area contributed by atoms with Gasteiger partial charge in [0.25, 0.3) is 0 Å². The van der Waals surface area contributed by atoms with Gasteiger partial charge in [0.2, 0.25) is 0 Å². The fraction of sp³-hybridized carbons (Fsp3) is 0.381. The molecule has 6 nitrogen and oxygen atoms in total. The second kappa shape index (κ2) is 12.5. The molecule has 0 aliphatic carbocycles. The Morgan fingerprint density at radius 1 is 1.11 bits per heavy atom. The van der Waals surface area contributed by atoms with Crippen molar-refractivity contribution in [2.75, 3.05) is 11.9 Å². The maximum absolute atomic E-state index is 11.7. The number of hydrogen-bond donors (Lipinski definition) is 1. The molecule has 1 heterocycles. The third-order valence-electron chi connectivity index (χ3n) is 3.89. The second-order valence-electron chi connectivity index (χ2n) is 6.17. The SMILES string of the molecule is CCCCCCCCOc1ccc(NC(=O)O/N=C/c2cccnc2)cc1. The van der Waals surface area contributed by atoms with E-state index in [0.29, 0.717) is 12.3 Å². The molecular formula is C21H27N3O3. The maximum atomic E-state index is 11.7. The minimum atomic E-state index is -0.657. The zero-order valence-electron chi connectivity index (χ0n) is 15.8. The van der Waals surface area contributed by atoms with Gasteiger partial charge in [0.05, 0.1) is 12.8 Å². The Balaban J connectivity index is 1.64. The highest BCUT2D eigenvalue weighted by molar-refractivity contribution is 5.85. The third kappa shape index (κ3) is 8.85. The van der Waals surface area contributed by atoms with E-state index >= 15 is 0 Å². The van der Waals surface area contributed by atoms with E-state index in [2.05, 4.69) is 22.4 Å². The molecular weight excluding hydrogens is 342 g/mol. The molecule has 6 heteroatoms. The van der Waals surface area contributed by atoms with Crippen LogP contribution in [0.1, 0.15) is 51.0 Å². The molecule has 0 aliphatic heterocycles. The number of nitrogens with one attached hydrogen (secondary N) is 1. The summed E-state index contributed by atoms with van der Waals surface area (Å²) in [6.07, 6.45) is 11.5. The Morgan fingerprint density at radius 3 is 2.63 bits per heavy atom. The Kier molecular flexibility index (Phi) is 9.43. The molecule has 1 amide bonds. The molecule has 0 aliphatic rings. The number of benzene rings is 1. The fourth-order valence-electron chi connectivity index (χ4n) is 2.43. The van der Waals surface area contributed by atoms with Gasteiger partial charge in [-0.15, -0.1) is 0 Å². The van der Waals surface area contributed by atoms with Crippen LogP contribution in [0.2, 0.25) is 0 Å². The predicted molar refractivity (Wildman–Crippen MR) is 107 cm³/mol. The van der Waals surface area contributed by atoms with Crippen LogP contribution in [-0.2, 0) is 4.84 Å². The van der Waals surface area contributed by atoms with Gasteiger partial charge in [-0.2, -0.15) is 0 Å². The standard InChI is InChI=1S/C21H27N3O3/c1-2-3-4-5-6-7-15-26-20-12-10-19(11-13-20)24-21(25)27-23-17-18-9-8-14-22-16-18/h8-14,16-17H,2-7,15H2,1H3,(H,24,25)/b23-17+. The highest BCUT2D eigenvalue weighted by Gasteiger charge is 2.03. The van der Waals surface area contributed by atoms with Crippen LogP contribution in [0.5, 0.6) is 5.75 Å². The quantitative estimate of drug-likeness (QED) is 0.249. The number of aromatic nitrogens is 1. The molecule has 1 aromatic heterocycles. The Bertz CT molecular complexity index is 688. The number of nitrogens with zero attached hydrogens (tertiary/aromatic N) is 2. The van der Waals surface area contributed by atoms with Crippen LogP contribution in [0.25, 0.3) is 0 Å². The molecule has 2 rings (SSSR count). The van der Waals surface area contributed by atoms with E-state index in [0.717, 1.165) is 17.7 Å². The van der Waals surface area contributed by atoms with Gasteiger partial charge in [0.1, 0.15) is 5.75 Å². The van der Waals surface area contributed by atoms with Crippen LogP contribution in [-0.4, -0.2) is 23.9 Å². The summed E-state index contributed by atoms with van der Waals surface area (Å²) in [5.41, 5.74) is 1.36. The molecule has 0 unspecified atom stereocenters. The van der Waals surface area contributed by atoms with E-state index in [9.17, 15) is 4.79 Å². The van der Waals surface area contributed by atoms with Gasteiger partial charge in [-0.1, -0.05) is 50.2 Å². The number of pyridine rings is 1. The number of hydrogen-bond acceptors (Lipinski definition) is 5. The summed E-state index contributed by atoms with van der Waals surface area (Å²) in [5.74, 6) is 0.789. The van der Waals surface area contributed by atoms with Gasteiger partial charge in [-0.25, -0.2) is 4.79 Å². The van der Waals surface area contributed by atoms with E-state index in [1.165, 1.54) is 38.3 Å². The van der Waals surface area contributed by atoms with E-state index in [-0.39, 0.29) is 0 Å². The lowest BCUT2D eigenvalue weighted by atomic mass is 10.1. The van der Waals surface area contributed by atoms with Crippen LogP contribution in [0.3, 0.4) is 0 Å². The first-order valence-corrected chi connectivity index (χ1v) is 9.42. The van der Waals surface area contributed by atoms with Crippen molar-refractivity contribution < 1.29 is 14.4 Å². The van der Waals surface area contributed by atoms with E-state index in [1.54, 1.807) is 30.6 Å². The molecule has 0 atom stereocenters. The van der Waals surface area contributed by atoms with Crippen LogP contribution >= 0.6 is 0 Å². The monoisotopic (exact) mass is 369 g/mol. The van der Waals surface area contributed by atoms with E-state index in [1.807, 2.05) is 18.2 Å². The van der Waals surface area contributed by atoms with Crippen LogP contribution in [0.15, 0.2) is 53.9 Å². The first-order chi connectivity index (χ1) is 13.3. The summed E-state index contributed by atoms with van der Waals surface area (Å²) < 4.78 is 5.71. The summed E-state index contributed by atoms with van der Waals surface area (Å²) in [4.78, 5) is 20.4. The molecule has 0 saturated heterocycles. The number of unbranched alkanes of at least 4 members (excludes halogenated alkanes) is 5. The lowest BCUT2D eigenvalue weighted by Gasteiger charge is -2.07. The van der Waals surface area contributed by atoms with Crippen molar-refractivity contribution in [3.05, 3.63) is 54.4 Å². The van der Waals surface area contributed by atoms with E-state index < -0.39 is 6.09 Å². The topological polar surface area (TPSA) is 72.8 Å². The average molecular weight is 369 g/mol. The van der Waals surface area contributed by atoms with Gasteiger partial charge in [-0.3, -0.25) is 15.1 Å². The van der Waals surface area contributed by atoms with Crippen molar-refractivity contribution in [3.63, 3.8) is 0 Å². The van der Waals surface area contributed by atoms with Crippen molar-refractivity contribution in [3.8, 4) is 5.75 Å². The molecule has 27 heavy (non-hydrogen) atoms. The molecule has 2 aromatic rings. The number of carbonyl (C=O) groups excluding carboxylic acids is 1. The predicted octanol–water partition coefficient (Wildman–Crippen LogP) is 5.40. The van der Waals surface area contributed by atoms with Gasteiger partial charge < -0.3 is 4.74 Å². The van der Waals surface area contributed by atoms with E-state index in [4.69, 9.17) is 9.57 Å². The Hall–Kier alpha value is -2.89. The number of ether oxygens (including phenoxy) is 1. The number of anilines is 1. The Labute approximate surface area is 160 Å². The van der Waals surface area contributed by atoms with Crippen LogP contribution in [0.4, 0.5) is 10.5 Å². The largest absolute Gasteiger partial charge is 0.494 e. The minimum Gasteiger partial charge on any atom is -0.494 e. The summed E-state index contributed by atoms with van der Waals surface area (Å²) in [7, 11) is 0. The maximum Gasteiger partial charge on any atom is 0.437 e. The average Bonchev–Trinajstić information content (AvgIpc) is 2.69. The summed E-state index contributed by atoms with van der Waals surface area (Å²) in [5, 5.41) is 6.24. The number of oxime groups is 1. The number of amides is 1. The molecule has 0 bridgehead atoms. The highest BCUT2D eigenvalue weighted by Crippen LogP contribution is 2.16. The van der Waals surface area contributed by atoms with Crippen molar-refractivity contribution in [1.29, 1.82) is 0 Å². The van der Waals surface area contributed by atoms with Crippen molar-refractivity contribution in [1.82, 2.24) is 4.98 Å². The normalized spacial score (nSPS) is 10.7. The van der Waals surface area contributed by atoms with Gasteiger partial charge in [-0.05, 0) is 36.8 Å². The van der Waals surface area contributed by atoms with Crippen molar-refractivity contribution in [2.24, 2.45) is 5.16 Å². The summed E-state index contributed by atoms with van der Waals surface area (Å²) in [6, 6.07) is 10.8. The first-order valence-electron chi connectivity index (χ1n) is 9.42. The highest BCUT2D eigenvalue weighted by atomic mass is 16.7. The minimum absolute atomic E-state index is 0.614. The molecule has 1 N–H and O–H groups in total. The molecule has 0 fully saturated rings. The molecule has 1 aromatic carbocycles. The van der Waals surface area contributed by atoms with Gasteiger partial charge in [0, 0.05) is 23.6 Å². The first kappa shape index (κ1) is 20.4. The smallest absolute Gasteiger partial charge is 0.437 e. The zero-order valence-corrected chi connectivity index (χ0v) is 15.8. The Morgan fingerprint density at radius 2 is 1.89 bits per heavy atom. The van der Waals surface area contributed by atoms with Crippen LogP contribution in [0, 0.1) is 0 Å². The lowest BCUT2D eigenvalue weighted by Crippen LogP contribution is -2.10. The second-order valence-corrected chi connectivity index (χ2v) is 6.17. The number of carbonyl (C=O) groups is 1. The summed E-state index contributed by atoms with van der Waals surface area (Å²) >= 11 is 0. The lowest BCUT2D eigenvalue weighted by molar-refractivity contribution is 0.167. The van der Waals surface area contributed by atoms with Crippen LogP contribution < -0.4 is 10.1 Å².